The maximum atomic E-state index is 6.01. The third-order valence-electron chi connectivity index (χ3n) is 3.43. The quantitative estimate of drug-likeness (QED) is 0.897. The first kappa shape index (κ1) is 13.6. The molecule has 4 nitrogen and oxygen atoms in total. The molecule has 2 aromatic rings. The Hall–Kier alpha value is -1.81. The Balaban J connectivity index is 2.25. The Bertz CT molecular complexity index is 531. The summed E-state index contributed by atoms with van der Waals surface area (Å²) in [5.74, 6) is 0.849. The third kappa shape index (κ3) is 2.96. The van der Waals surface area contributed by atoms with Crippen LogP contribution in [0.2, 0.25) is 0 Å². The molecule has 0 aliphatic rings. The number of benzene rings is 1. The van der Waals surface area contributed by atoms with Crippen LogP contribution in [0, 0.1) is 6.92 Å². The lowest BCUT2D eigenvalue weighted by Gasteiger charge is -2.09. The van der Waals surface area contributed by atoms with Crippen LogP contribution >= 0.6 is 0 Å². The lowest BCUT2D eigenvalue weighted by atomic mass is 10.1. The van der Waals surface area contributed by atoms with Crippen molar-refractivity contribution in [1.82, 2.24) is 9.78 Å². The minimum absolute atomic E-state index is 0.201. The molecule has 1 atom stereocenters. The number of rotatable bonds is 5. The minimum atomic E-state index is 0.201. The summed E-state index contributed by atoms with van der Waals surface area (Å²) in [4.78, 5) is 0. The smallest absolute Gasteiger partial charge is 0.119 e. The normalized spacial score (nSPS) is 12.4. The van der Waals surface area contributed by atoms with Crippen molar-refractivity contribution in [2.75, 3.05) is 7.11 Å². The maximum Gasteiger partial charge on any atom is 0.119 e. The summed E-state index contributed by atoms with van der Waals surface area (Å²) in [5, 5.41) is 4.45. The summed E-state index contributed by atoms with van der Waals surface area (Å²) in [5.41, 5.74) is 9.40. The topological polar surface area (TPSA) is 53.1 Å². The molecule has 1 heterocycles. The van der Waals surface area contributed by atoms with Gasteiger partial charge in [0, 0.05) is 11.7 Å². The number of ether oxygens (including phenoxy) is 1. The van der Waals surface area contributed by atoms with Crippen LogP contribution in [0.5, 0.6) is 5.75 Å². The van der Waals surface area contributed by atoms with Crippen molar-refractivity contribution in [2.45, 2.75) is 32.7 Å². The highest BCUT2D eigenvalue weighted by molar-refractivity contribution is 5.39. The van der Waals surface area contributed by atoms with Crippen molar-refractivity contribution in [3.8, 4) is 11.4 Å². The van der Waals surface area contributed by atoms with Gasteiger partial charge in [0.15, 0.2) is 0 Å². The number of hydrogen-bond donors (Lipinski definition) is 1. The number of nitrogens with two attached hydrogens (primary N) is 1. The average Bonchev–Trinajstić information content (AvgIpc) is 2.80. The summed E-state index contributed by atoms with van der Waals surface area (Å²) in [6, 6.07) is 8.08. The highest BCUT2D eigenvalue weighted by Crippen LogP contribution is 2.18. The predicted octanol–water partition coefficient (Wildman–Crippen LogP) is 2.47. The molecule has 1 aromatic heterocycles. The molecule has 0 aliphatic carbocycles. The van der Waals surface area contributed by atoms with Crippen molar-refractivity contribution in [3.05, 3.63) is 41.7 Å². The SMILES string of the molecule is CCC(N)Cc1cnn(-c2ccc(OC)cc2)c1C. The van der Waals surface area contributed by atoms with Gasteiger partial charge in [-0.3, -0.25) is 0 Å². The summed E-state index contributed by atoms with van der Waals surface area (Å²) in [7, 11) is 1.67. The Morgan fingerprint density at radius 1 is 1.32 bits per heavy atom. The zero-order valence-corrected chi connectivity index (χ0v) is 11.8. The standard InChI is InChI=1S/C15H21N3O/c1-4-13(16)9-12-10-17-18(11(12)2)14-5-7-15(19-3)8-6-14/h5-8,10,13H,4,9,16H2,1-3H3. The minimum Gasteiger partial charge on any atom is -0.497 e. The fourth-order valence-electron chi connectivity index (χ4n) is 2.05. The summed E-state index contributed by atoms with van der Waals surface area (Å²) in [6.45, 7) is 4.18. The number of methoxy groups -OCH3 is 1. The van der Waals surface area contributed by atoms with E-state index in [0.717, 1.165) is 30.0 Å². The lowest BCUT2D eigenvalue weighted by molar-refractivity contribution is 0.414. The van der Waals surface area contributed by atoms with Gasteiger partial charge in [-0.25, -0.2) is 4.68 Å². The Morgan fingerprint density at radius 2 is 2.00 bits per heavy atom. The van der Waals surface area contributed by atoms with E-state index in [1.54, 1.807) is 7.11 Å². The second-order valence-electron chi connectivity index (χ2n) is 4.74. The lowest BCUT2D eigenvalue weighted by Crippen LogP contribution is -2.21. The molecule has 1 unspecified atom stereocenters. The summed E-state index contributed by atoms with van der Waals surface area (Å²) in [6.07, 6.45) is 3.76. The van der Waals surface area contributed by atoms with Gasteiger partial charge in [0.1, 0.15) is 5.75 Å². The Labute approximate surface area is 114 Å². The summed E-state index contributed by atoms with van der Waals surface area (Å²) >= 11 is 0. The second kappa shape index (κ2) is 5.89. The molecule has 1 aromatic carbocycles. The first-order chi connectivity index (χ1) is 9.15. The number of hydrogen-bond acceptors (Lipinski definition) is 3. The van der Waals surface area contributed by atoms with Crippen molar-refractivity contribution in [1.29, 1.82) is 0 Å². The van der Waals surface area contributed by atoms with Gasteiger partial charge in [0.05, 0.1) is 19.0 Å². The van der Waals surface area contributed by atoms with Gasteiger partial charge >= 0.3 is 0 Å². The zero-order valence-electron chi connectivity index (χ0n) is 11.8. The molecule has 4 heteroatoms. The molecule has 19 heavy (non-hydrogen) atoms. The van der Waals surface area contributed by atoms with Crippen LogP contribution in [0.1, 0.15) is 24.6 Å². The Morgan fingerprint density at radius 3 is 2.58 bits per heavy atom. The van der Waals surface area contributed by atoms with E-state index in [4.69, 9.17) is 10.5 Å². The van der Waals surface area contributed by atoms with Crippen LogP contribution < -0.4 is 10.5 Å². The van der Waals surface area contributed by atoms with Gasteiger partial charge in [-0.15, -0.1) is 0 Å². The largest absolute Gasteiger partial charge is 0.497 e. The molecule has 0 saturated heterocycles. The van der Waals surface area contributed by atoms with Crippen LogP contribution in [0.25, 0.3) is 5.69 Å². The van der Waals surface area contributed by atoms with E-state index >= 15 is 0 Å². The van der Waals surface area contributed by atoms with Crippen LogP contribution in [0.15, 0.2) is 30.5 Å². The van der Waals surface area contributed by atoms with Gasteiger partial charge < -0.3 is 10.5 Å². The fourth-order valence-corrected chi connectivity index (χ4v) is 2.05. The van der Waals surface area contributed by atoms with Crippen molar-refractivity contribution >= 4 is 0 Å². The molecule has 0 amide bonds. The van der Waals surface area contributed by atoms with Crippen LogP contribution in [-0.2, 0) is 6.42 Å². The number of nitrogens with zero attached hydrogens (tertiary/aromatic N) is 2. The predicted molar refractivity (Wildman–Crippen MR) is 76.8 cm³/mol. The van der Waals surface area contributed by atoms with E-state index in [9.17, 15) is 0 Å². The molecular formula is C15H21N3O. The maximum absolute atomic E-state index is 6.01. The van der Waals surface area contributed by atoms with Crippen molar-refractivity contribution in [3.63, 3.8) is 0 Å². The highest BCUT2D eigenvalue weighted by Gasteiger charge is 2.10. The van der Waals surface area contributed by atoms with E-state index < -0.39 is 0 Å². The second-order valence-corrected chi connectivity index (χ2v) is 4.74. The number of aromatic nitrogens is 2. The highest BCUT2D eigenvalue weighted by atomic mass is 16.5. The van der Waals surface area contributed by atoms with Gasteiger partial charge in [-0.1, -0.05) is 6.92 Å². The van der Waals surface area contributed by atoms with E-state index in [0.29, 0.717) is 0 Å². The van der Waals surface area contributed by atoms with E-state index in [-0.39, 0.29) is 6.04 Å². The molecule has 0 saturated carbocycles. The van der Waals surface area contributed by atoms with Crippen molar-refractivity contribution in [2.24, 2.45) is 5.73 Å². The molecular weight excluding hydrogens is 238 g/mol. The van der Waals surface area contributed by atoms with E-state index in [1.807, 2.05) is 35.1 Å². The molecule has 0 bridgehead atoms. The third-order valence-corrected chi connectivity index (χ3v) is 3.43. The van der Waals surface area contributed by atoms with Crippen LogP contribution in [0.4, 0.5) is 0 Å². The van der Waals surface area contributed by atoms with Crippen molar-refractivity contribution < 1.29 is 4.74 Å². The first-order valence-corrected chi connectivity index (χ1v) is 6.59. The molecule has 2 rings (SSSR count). The van der Waals surface area contributed by atoms with E-state index in [2.05, 4.69) is 18.9 Å². The van der Waals surface area contributed by atoms with Crippen LogP contribution in [0.3, 0.4) is 0 Å². The Kier molecular flexibility index (Phi) is 4.22. The molecule has 0 aliphatic heterocycles. The summed E-state index contributed by atoms with van der Waals surface area (Å²) < 4.78 is 7.10. The van der Waals surface area contributed by atoms with Gasteiger partial charge in [0.25, 0.3) is 0 Å². The fraction of sp³-hybridized carbons (Fsp3) is 0.400. The average molecular weight is 259 g/mol. The van der Waals surface area contributed by atoms with E-state index in [1.165, 1.54) is 5.56 Å². The monoisotopic (exact) mass is 259 g/mol. The zero-order chi connectivity index (χ0) is 13.8. The molecule has 2 N–H and O–H groups in total. The first-order valence-electron chi connectivity index (χ1n) is 6.59. The van der Waals surface area contributed by atoms with Gasteiger partial charge in [-0.05, 0) is 49.6 Å². The molecule has 102 valence electrons. The van der Waals surface area contributed by atoms with Gasteiger partial charge in [0.2, 0.25) is 0 Å². The van der Waals surface area contributed by atoms with Crippen LogP contribution in [-0.4, -0.2) is 22.9 Å². The molecule has 0 fully saturated rings. The van der Waals surface area contributed by atoms with Gasteiger partial charge in [-0.2, -0.15) is 5.10 Å². The molecule has 0 spiro atoms. The molecule has 0 radical (unpaired) electrons.